The van der Waals surface area contributed by atoms with Crippen LogP contribution in [0.4, 0.5) is 0 Å². The molecule has 84 valence electrons. The summed E-state index contributed by atoms with van der Waals surface area (Å²) < 4.78 is 15.4. The first-order chi connectivity index (χ1) is 6.65. The number of aliphatic hydroxyl groups is 2. The normalized spacial score (nSPS) is 43.9. The van der Waals surface area contributed by atoms with Crippen molar-refractivity contribution in [3.8, 4) is 0 Å². The molecule has 5 heteroatoms. The predicted molar refractivity (Wildman–Crippen MR) is 48.8 cm³/mol. The molecule has 0 amide bonds. The zero-order chi connectivity index (χ0) is 10.7. The molecule has 14 heavy (non-hydrogen) atoms. The number of rotatable bonds is 3. The van der Waals surface area contributed by atoms with Gasteiger partial charge < -0.3 is 24.4 Å². The lowest BCUT2D eigenvalue weighted by molar-refractivity contribution is -0.293. The molecule has 0 aromatic carbocycles. The van der Waals surface area contributed by atoms with Gasteiger partial charge in [-0.15, -0.1) is 0 Å². The average Bonchev–Trinajstić information content (AvgIpc) is 2.21. The molecule has 5 nitrogen and oxygen atoms in total. The second-order valence-corrected chi connectivity index (χ2v) is 3.37. The average molecular weight is 206 g/mol. The topological polar surface area (TPSA) is 68.2 Å². The minimum absolute atomic E-state index is 0.247. The summed E-state index contributed by atoms with van der Waals surface area (Å²) in [6.07, 6.45) is -2.86. The molecular weight excluding hydrogens is 188 g/mol. The van der Waals surface area contributed by atoms with Crippen molar-refractivity contribution in [1.29, 1.82) is 0 Å². The lowest BCUT2D eigenvalue weighted by Gasteiger charge is -2.41. The van der Waals surface area contributed by atoms with E-state index in [-0.39, 0.29) is 6.10 Å². The number of hydrogen-bond donors (Lipinski definition) is 2. The summed E-state index contributed by atoms with van der Waals surface area (Å²) in [4.78, 5) is 0. The van der Waals surface area contributed by atoms with Crippen LogP contribution in [0.2, 0.25) is 0 Å². The second-order valence-electron chi connectivity index (χ2n) is 3.37. The lowest BCUT2D eigenvalue weighted by Crippen LogP contribution is -2.58. The maximum atomic E-state index is 9.71. The van der Waals surface area contributed by atoms with E-state index in [2.05, 4.69) is 0 Å². The predicted octanol–water partition coefficient (Wildman–Crippen LogP) is -0.496. The molecule has 0 spiro atoms. The van der Waals surface area contributed by atoms with Gasteiger partial charge in [-0.3, -0.25) is 0 Å². The van der Waals surface area contributed by atoms with Crippen LogP contribution in [-0.2, 0) is 14.2 Å². The second kappa shape index (κ2) is 5.04. The molecule has 2 N–H and O–H groups in total. The third-order valence-electron chi connectivity index (χ3n) is 2.55. The van der Waals surface area contributed by atoms with Gasteiger partial charge in [-0.2, -0.15) is 0 Å². The van der Waals surface area contributed by atoms with Gasteiger partial charge in [0.15, 0.2) is 6.29 Å². The van der Waals surface area contributed by atoms with Crippen LogP contribution in [0.25, 0.3) is 0 Å². The van der Waals surface area contributed by atoms with Gasteiger partial charge >= 0.3 is 0 Å². The van der Waals surface area contributed by atoms with Gasteiger partial charge in [0.2, 0.25) is 0 Å². The highest BCUT2D eigenvalue weighted by molar-refractivity contribution is 4.89. The number of hydrogen-bond acceptors (Lipinski definition) is 5. The first-order valence-corrected chi connectivity index (χ1v) is 4.72. The van der Waals surface area contributed by atoms with Crippen molar-refractivity contribution in [2.75, 3.05) is 14.2 Å². The zero-order valence-electron chi connectivity index (χ0n) is 8.71. The van der Waals surface area contributed by atoms with E-state index in [0.29, 0.717) is 6.42 Å². The molecule has 0 aromatic rings. The third-order valence-corrected chi connectivity index (χ3v) is 2.55. The highest BCUT2D eigenvalue weighted by Gasteiger charge is 2.44. The van der Waals surface area contributed by atoms with Crippen LogP contribution >= 0.6 is 0 Å². The van der Waals surface area contributed by atoms with Gasteiger partial charge in [0.1, 0.15) is 18.3 Å². The van der Waals surface area contributed by atoms with Gasteiger partial charge in [-0.05, 0) is 6.42 Å². The molecule has 0 aromatic heterocycles. The molecule has 1 heterocycles. The first kappa shape index (κ1) is 11.9. The molecular formula is C9H18O5. The van der Waals surface area contributed by atoms with E-state index in [1.54, 1.807) is 0 Å². The molecule has 5 atom stereocenters. The van der Waals surface area contributed by atoms with Crippen molar-refractivity contribution in [1.82, 2.24) is 0 Å². The Morgan fingerprint density at radius 3 is 2.21 bits per heavy atom. The zero-order valence-corrected chi connectivity index (χ0v) is 8.71. The van der Waals surface area contributed by atoms with Crippen LogP contribution < -0.4 is 0 Å². The Balaban J connectivity index is 2.71. The van der Waals surface area contributed by atoms with E-state index in [1.807, 2.05) is 6.92 Å². The summed E-state index contributed by atoms with van der Waals surface area (Å²) in [5, 5.41) is 19.3. The molecule has 1 saturated heterocycles. The van der Waals surface area contributed by atoms with Gasteiger partial charge in [0.25, 0.3) is 0 Å². The highest BCUT2D eigenvalue weighted by Crippen LogP contribution is 2.25. The minimum atomic E-state index is -1.06. The quantitative estimate of drug-likeness (QED) is 0.652. The summed E-state index contributed by atoms with van der Waals surface area (Å²) in [5.41, 5.74) is 0. The molecule has 2 unspecified atom stereocenters. The molecule has 1 rings (SSSR count). The van der Waals surface area contributed by atoms with E-state index < -0.39 is 24.6 Å². The SMILES string of the molecule is CCC1O[C@H](OC)[C@@H](O)C(O)[C@@H]1OC. The molecule has 0 radical (unpaired) electrons. The monoisotopic (exact) mass is 206 g/mol. The van der Waals surface area contributed by atoms with Crippen LogP contribution in [0, 0.1) is 0 Å². The van der Waals surface area contributed by atoms with Crippen molar-refractivity contribution in [2.45, 2.75) is 44.1 Å². The van der Waals surface area contributed by atoms with Gasteiger partial charge in [-0.25, -0.2) is 0 Å². The highest BCUT2D eigenvalue weighted by atomic mass is 16.7. The van der Waals surface area contributed by atoms with Crippen LogP contribution in [0.15, 0.2) is 0 Å². The minimum Gasteiger partial charge on any atom is -0.387 e. The van der Waals surface area contributed by atoms with E-state index in [4.69, 9.17) is 14.2 Å². The molecule has 0 bridgehead atoms. The fraction of sp³-hybridized carbons (Fsp3) is 1.00. The van der Waals surface area contributed by atoms with Crippen molar-refractivity contribution in [3.63, 3.8) is 0 Å². The summed E-state index contributed by atoms with van der Waals surface area (Å²) in [6, 6.07) is 0. The van der Waals surface area contributed by atoms with Gasteiger partial charge in [0.05, 0.1) is 6.10 Å². The number of ether oxygens (including phenoxy) is 3. The Kier molecular flexibility index (Phi) is 4.28. The lowest BCUT2D eigenvalue weighted by atomic mass is 9.97. The van der Waals surface area contributed by atoms with E-state index >= 15 is 0 Å². The molecule has 0 saturated carbocycles. The Morgan fingerprint density at radius 1 is 1.14 bits per heavy atom. The molecule has 0 aliphatic carbocycles. The van der Waals surface area contributed by atoms with Crippen molar-refractivity contribution < 1.29 is 24.4 Å². The van der Waals surface area contributed by atoms with Crippen molar-refractivity contribution in [3.05, 3.63) is 0 Å². The van der Waals surface area contributed by atoms with Crippen LogP contribution in [0.1, 0.15) is 13.3 Å². The molecule has 1 aliphatic heterocycles. The fourth-order valence-corrected chi connectivity index (χ4v) is 1.72. The van der Waals surface area contributed by atoms with Crippen LogP contribution in [-0.4, -0.2) is 55.1 Å². The number of aliphatic hydroxyl groups excluding tert-OH is 2. The fourth-order valence-electron chi connectivity index (χ4n) is 1.72. The summed E-state index contributed by atoms with van der Waals surface area (Å²) >= 11 is 0. The maximum absolute atomic E-state index is 9.71. The van der Waals surface area contributed by atoms with Gasteiger partial charge in [0, 0.05) is 14.2 Å². The summed E-state index contributed by atoms with van der Waals surface area (Å²) in [6.45, 7) is 1.92. The van der Waals surface area contributed by atoms with E-state index in [1.165, 1.54) is 14.2 Å². The molecule has 1 fully saturated rings. The summed E-state index contributed by atoms with van der Waals surface area (Å²) in [5.74, 6) is 0. The van der Waals surface area contributed by atoms with Crippen molar-refractivity contribution in [2.24, 2.45) is 0 Å². The number of methoxy groups -OCH3 is 2. The first-order valence-electron chi connectivity index (χ1n) is 4.72. The van der Waals surface area contributed by atoms with E-state index in [0.717, 1.165) is 0 Å². The van der Waals surface area contributed by atoms with Crippen LogP contribution in [0.5, 0.6) is 0 Å². The largest absolute Gasteiger partial charge is 0.387 e. The Morgan fingerprint density at radius 2 is 1.79 bits per heavy atom. The summed E-state index contributed by atoms with van der Waals surface area (Å²) in [7, 11) is 2.92. The van der Waals surface area contributed by atoms with Crippen LogP contribution in [0.3, 0.4) is 0 Å². The van der Waals surface area contributed by atoms with Gasteiger partial charge in [-0.1, -0.05) is 6.92 Å². The maximum Gasteiger partial charge on any atom is 0.186 e. The Hall–Kier alpha value is -0.200. The third kappa shape index (κ3) is 2.07. The standard InChI is InChI=1S/C9H18O5/c1-4-5-8(12-2)6(10)7(11)9(13-3)14-5/h5-11H,4H2,1-3H3/t5?,6?,7-,8+,9-/m0/s1. The molecule has 1 aliphatic rings. The smallest absolute Gasteiger partial charge is 0.186 e. The Bertz CT molecular complexity index is 173. The van der Waals surface area contributed by atoms with Crippen molar-refractivity contribution >= 4 is 0 Å². The van der Waals surface area contributed by atoms with E-state index in [9.17, 15) is 10.2 Å². The Labute approximate surface area is 83.6 Å².